The molecule has 1 aromatic carbocycles. The van der Waals surface area contributed by atoms with Gasteiger partial charge in [-0.05, 0) is 30.3 Å². The Kier molecular flexibility index (Phi) is 3.39. The summed E-state index contributed by atoms with van der Waals surface area (Å²) in [5.74, 6) is 1.91. The van der Waals surface area contributed by atoms with Crippen molar-refractivity contribution in [1.82, 2.24) is 9.97 Å². The van der Waals surface area contributed by atoms with Gasteiger partial charge in [-0.25, -0.2) is 4.98 Å². The van der Waals surface area contributed by atoms with Crippen molar-refractivity contribution in [3.05, 3.63) is 60.8 Å². The van der Waals surface area contributed by atoms with Crippen LogP contribution in [0, 0.1) is 0 Å². The van der Waals surface area contributed by atoms with Crippen molar-refractivity contribution in [2.45, 2.75) is 0 Å². The lowest BCUT2D eigenvalue weighted by Gasteiger charge is -2.10. The van der Waals surface area contributed by atoms with Gasteiger partial charge < -0.3 is 16.2 Å². The van der Waals surface area contributed by atoms with Crippen LogP contribution in [0.1, 0.15) is 0 Å². The van der Waals surface area contributed by atoms with Crippen molar-refractivity contribution in [1.29, 1.82) is 0 Å². The molecule has 2 aromatic heterocycles. The van der Waals surface area contributed by atoms with Crippen LogP contribution in [0.3, 0.4) is 0 Å². The molecule has 0 saturated carbocycles. The van der Waals surface area contributed by atoms with E-state index in [1.54, 1.807) is 18.3 Å². The van der Waals surface area contributed by atoms with Gasteiger partial charge in [-0.15, -0.1) is 0 Å². The Balaban J connectivity index is 1.92. The van der Waals surface area contributed by atoms with Crippen molar-refractivity contribution >= 4 is 11.6 Å². The summed E-state index contributed by atoms with van der Waals surface area (Å²) in [7, 11) is 0. The normalized spacial score (nSPS) is 10.3. The summed E-state index contributed by atoms with van der Waals surface area (Å²) in [5, 5.41) is 0. The van der Waals surface area contributed by atoms with Crippen LogP contribution < -0.4 is 16.2 Å². The van der Waals surface area contributed by atoms with Crippen molar-refractivity contribution in [3.8, 4) is 22.8 Å². The van der Waals surface area contributed by atoms with Gasteiger partial charge in [0.1, 0.15) is 17.4 Å². The molecular formula is C16H14N4O. The molecule has 0 unspecified atom stereocenters. The smallest absolute Gasteiger partial charge is 0.221 e. The topological polar surface area (TPSA) is 87.0 Å². The second-order valence-electron chi connectivity index (χ2n) is 4.43. The number of hydrogen-bond acceptors (Lipinski definition) is 5. The average Bonchev–Trinajstić information content (AvgIpc) is 2.50. The lowest BCUT2D eigenvalue weighted by atomic mass is 10.1. The zero-order valence-electron chi connectivity index (χ0n) is 11.2. The second kappa shape index (κ2) is 5.50. The van der Waals surface area contributed by atoms with E-state index in [1.165, 1.54) is 0 Å². The highest BCUT2D eigenvalue weighted by Gasteiger charge is 2.09. The number of para-hydroxylation sites is 1. The van der Waals surface area contributed by atoms with E-state index in [4.69, 9.17) is 16.2 Å². The highest BCUT2D eigenvalue weighted by atomic mass is 16.5. The van der Waals surface area contributed by atoms with Crippen LogP contribution in [0.5, 0.6) is 11.6 Å². The third-order valence-electron chi connectivity index (χ3n) is 2.99. The Morgan fingerprint density at radius 2 is 1.52 bits per heavy atom. The Hall–Kier alpha value is -3.08. The van der Waals surface area contributed by atoms with Gasteiger partial charge in [0.05, 0.1) is 0 Å². The lowest BCUT2D eigenvalue weighted by Crippen LogP contribution is -1.99. The average molecular weight is 278 g/mol. The van der Waals surface area contributed by atoms with Crippen LogP contribution >= 0.6 is 0 Å². The van der Waals surface area contributed by atoms with Gasteiger partial charge in [-0.3, -0.25) is 0 Å². The first-order valence-corrected chi connectivity index (χ1v) is 6.44. The van der Waals surface area contributed by atoms with E-state index in [0.29, 0.717) is 23.3 Å². The summed E-state index contributed by atoms with van der Waals surface area (Å²) in [5.41, 5.74) is 13.4. The quantitative estimate of drug-likeness (QED) is 0.768. The van der Waals surface area contributed by atoms with E-state index in [-0.39, 0.29) is 0 Å². The maximum Gasteiger partial charge on any atom is 0.221 e. The predicted octanol–water partition coefficient (Wildman–Crippen LogP) is 3.10. The number of aromatic nitrogens is 2. The molecule has 4 N–H and O–H groups in total. The first kappa shape index (κ1) is 12.9. The third-order valence-corrected chi connectivity index (χ3v) is 2.99. The molecule has 3 aromatic rings. The fraction of sp³-hybridized carbons (Fsp3) is 0. The van der Waals surface area contributed by atoms with Crippen LogP contribution in [-0.4, -0.2) is 9.97 Å². The number of nitrogen functional groups attached to an aromatic ring is 2. The van der Waals surface area contributed by atoms with E-state index in [0.717, 1.165) is 11.1 Å². The van der Waals surface area contributed by atoms with Crippen molar-refractivity contribution in [3.63, 3.8) is 0 Å². The number of benzene rings is 1. The number of anilines is 2. The molecule has 0 bridgehead atoms. The maximum atomic E-state index is 6.00. The molecule has 0 saturated heterocycles. The summed E-state index contributed by atoms with van der Waals surface area (Å²) in [6.45, 7) is 0. The molecule has 0 spiro atoms. The monoisotopic (exact) mass is 278 g/mol. The van der Waals surface area contributed by atoms with Crippen molar-refractivity contribution < 1.29 is 4.74 Å². The first-order chi connectivity index (χ1) is 10.2. The largest absolute Gasteiger partial charge is 0.439 e. The Morgan fingerprint density at radius 3 is 2.24 bits per heavy atom. The third kappa shape index (κ3) is 2.76. The number of nitrogens with two attached hydrogens (primary N) is 2. The van der Waals surface area contributed by atoms with Gasteiger partial charge in [0.15, 0.2) is 0 Å². The van der Waals surface area contributed by atoms with Gasteiger partial charge in [-0.2, -0.15) is 4.98 Å². The number of hydrogen-bond donors (Lipinski definition) is 2. The number of ether oxygens (including phenoxy) is 1. The highest BCUT2D eigenvalue weighted by Crippen LogP contribution is 2.30. The van der Waals surface area contributed by atoms with Crippen molar-refractivity contribution in [2.24, 2.45) is 0 Å². The molecule has 0 amide bonds. The summed E-state index contributed by atoms with van der Waals surface area (Å²) in [6.07, 6.45) is 1.63. The number of nitrogens with zero attached hydrogens (tertiary/aromatic N) is 2. The van der Waals surface area contributed by atoms with Gasteiger partial charge >= 0.3 is 0 Å². The molecule has 2 heterocycles. The zero-order chi connectivity index (χ0) is 14.7. The number of rotatable bonds is 3. The summed E-state index contributed by atoms with van der Waals surface area (Å²) in [4.78, 5) is 8.31. The SMILES string of the molecule is Nc1ncccc1-c1ccc(Oc2ccccc2)nc1N. The van der Waals surface area contributed by atoms with E-state index in [2.05, 4.69) is 9.97 Å². The molecule has 104 valence electrons. The molecule has 0 aliphatic rings. The Bertz CT molecular complexity index is 759. The Morgan fingerprint density at radius 1 is 0.762 bits per heavy atom. The minimum absolute atomic E-state index is 0.350. The lowest BCUT2D eigenvalue weighted by molar-refractivity contribution is 0.464. The zero-order valence-corrected chi connectivity index (χ0v) is 11.2. The molecule has 21 heavy (non-hydrogen) atoms. The minimum Gasteiger partial charge on any atom is -0.439 e. The number of pyridine rings is 2. The van der Waals surface area contributed by atoms with Gasteiger partial charge in [0.25, 0.3) is 0 Å². The molecule has 0 fully saturated rings. The first-order valence-electron chi connectivity index (χ1n) is 6.44. The van der Waals surface area contributed by atoms with Crippen LogP contribution in [0.25, 0.3) is 11.1 Å². The van der Waals surface area contributed by atoms with Crippen molar-refractivity contribution in [2.75, 3.05) is 11.5 Å². The van der Waals surface area contributed by atoms with E-state index in [1.807, 2.05) is 42.5 Å². The molecule has 5 nitrogen and oxygen atoms in total. The summed E-state index contributed by atoms with van der Waals surface area (Å²) < 4.78 is 5.64. The van der Waals surface area contributed by atoms with Gasteiger partial charge in [0, 0.05) is 23.4 Å². The van der Waals surface area contributed by atoms with Crippen LogP contribution in [-0.2, 0) is 0 Å². The molecule has 5 heteroatoms. The summed E-state index contributed by atoms with van der Waals surface area (Å²) >= 11 is 0. The van der Waals surface area contributed by atoms with Crippen LogP contribution in [0.4, 0.5) is 11.6 Å². The van der Waals surface area contributed by atoms with Crippen LogP contribution in [0.2, 0.25) is 0 Å². The highest BCUT2D eigenvalue weighted by molar-refractivity contribution is 5.80. The van der Waals surface area contributed by atoms with E-state index < -0.39 is 0 Å². The molecular weight excluding hydrogens is 264 g/mol. The minimum atomic E-state index is 0.350. The Labute approximate surface area is 122 Å². The fourth-order valence-electron chi connectivity index (χ4n) is 2.00. The molecule has 0 atom stereocenters. The molecule has 3 rings (SSSR count). The molecule has 0 radical (unpaired) electrons. The predicted molar refractivity (Wildman–Crippen MR) is 82.8 cm³/mol. The van der Waals surface area contributed by atoms with E-state index in [9.17, 15) is 0 Å². The molecule has 0 aliphatic heterocycles. The maximum absolute atomic E-state index is 6.00. The second-order valence-corrected chi connectivity index (χ2v) is 4.43. The van der Waals surface area contributed by atoms with E-state index >= 15 is 0 Å². The van der Waals surface area contributed by atoms with Gasteiger partial charge in [0.2, 0.25) is 5.88 Å². The standard InChI is InChI=1S/C16H14N4O/c17-15-12(7-4-10-19-15)13-8-9-14(20-16(13)18)21-11-5-2-1-3-6-11/h1-10H,(H2,17,19)(H2,18,20). The molecule has 0 aliphatic carbocycles. The van der Waals surface area contributed by atoms with Gasteiger partial charge in [-0.1, -0.05) is 18.2 Å². The fourth-order valence-corrected chi connectivity index (χ4v) is 2.00. The summed E-state index contributed by atoms with van der Waals surface area (Å²) in [6, 6.07) is 16.7. The van der Waals surface area contributed by atoms with Crippen LogP contribution in [0.15, 0.2) is 60.8 Å².